The van der Waals surface area contributed by atoms with E-state index in [1.54, 1.807) is 6.26 Å². The number of nitrogens with one attached hydrogen (secondary N) is 1. The fraction of sp³-hybridized carbons (Fsp3) is 0.600. The Morgan fingerprint density at radius 3 is 2.73 bits per heavy atom. The van der Waals surface area contributed by atoms with Crippen LogP contribution in [0.4, 0.5) is 0 Å². The summed E-state index contributed by atoms with van der Waals surface area (Å²) in [6, 6.07) is 1.72. The lowest BCUT2D eigenvalue weighted by Crippen LogP contribution is -2.37. The van der Waals surface area contributed by atoms with Gasteiger partial charge < -0.3 is 9.15 Å². The van der Waals surface area contributed by atoms with Gasteiger partial charge in [-0.2, -0.15) is 0 Å². The van der Waals surface area contributed by atoms with Gasteiger partial charge >= 0.3 is 0 Å². The van der Waals surface area contributed by atoms with Crippen LogP contribution in [0.25, 0.3) is 0 Å². The highest BCUT2D eigenvalue weighted by molar-refractivity contribution is 9.10. The minimum atomic E-state index is -0.126. The van der Waals surface area contributed by atoms with Crippen molar-refractivity contribution in [3.63, 3.8) is 0 Å². The topological polar surface area (TPSA) is 60.4 Å². The summed E-state index contributed by atoms with van der Waals surface area (Å²) in [5.74, 6) is 6.30. The van der Waals surface area contributed by atoms with E-state index in [9.17, 15) is 0 Å². The van der Waals surface area contributed by atoms with Gasteiger partial charge in [0, 0.05) is 6.61 Å². The number of nitrogens with two attached hydrogens (primary N) is 1. The zero-order valence-electron chi connectivity index (χ0n) is 9.00. The van der Waals surface area contributed by atoms with Crippen LogP contribution in [0.1, 0.15) is 32.1 Å². The first kappa shape index (κ1) is 12.7. The van der Waals surface area contributed by atoms with Gasteiger partial charge in [0.2, 0.25) is 0 Å². The molecule has 0 aromatic carbocycles. The van der Waals surface area contributed by atoms with Gasteiger partial charge in [0.1, 0.15) is 11.8 Å². The van der Waals surface area contributed by atoms with Crippen LogP contribution in [0.3, 0.4) is 0 Å². The van der Waals surface area contributed by atoms with Gasteiger partial charge in [-0.25, -0.2) is 5.43 Å². The fourth-order valence-corrected chi connectivity index (χ4v) is 1.99. The maximum atomic E-state index is 5.60. The maximum absolute atomic E-state index is 5.60. The molecule has 1 heterocycles. The van der Waals surface area contributed by atoms with E-state index < -0.39 is 0 Å². The standard InChI is InChI=1S/C10H17BrN2O2/c1-3-8(14-4-2)9(13-12)10-7(11)5-6-15-10/h5-6,8-9,13H,3-4,12H2,1-2H3. The van der Waals surface area contributed by atoms with Gasteiger partial charge in [0.15, 0.2) is 0 Å². The zero-order valence-corrected chi connectivity index (χ0v) is 10.6. The minimum Gasteiger partial charge on any atom is -0.466 e. The monoisotopic (exact) mass is 276 g/mol. The Balaban J connectivity index is 2.82. The molecule has 0 saturated heterocycles. The molecule has 0 radical (unpaired) electrons. The van der Waals surface area contributed by atoms with Crippen molar-refractivity contribution >= 4 is 15.9 Å². The van der Waals surface area contributed by atoms with Crippen molar-refractivity contribution in [3.8, 4) is 0 Å². The Bertz CT molecular complexity index is 291. The Hall–Kier alpha value is -0.360. The second-order valence-corrected chi connectivity index (χ2v) is 4.03. The van der Waals surface area contributed by atoms with Gasteiger partial charge in [-0.15, -0.1) is 0 Å². The van der Waals surface area contributed by atoms with Crippen molar-refractivity contribution in [3.05, 3.63) is 22.6 Å². The predicted octanol–water partition coefficient (Wildman–Crippen LogP) is 2.36. The Kier molecular flexibility index (Phi) is 5.31. The zero-order chi connectivity index (χ0) is 11.3. The molecule has 0 amide bonds. The van der Waals surface area contributed by atoms with Crippen LogP contribution < -0.4 is 11.3 Å². The van der Waals surface area contributed by atoms with Crippen molar-refractivity contribution < 1.29 is 9.15 Å². The summed E-state index contributed by atoms with van der Waals surface area (Å²) < 4.78 is 11.9. The average Bonchev–Trinajstić information content (AvgIpc) is 2.65. The molecular formula is C10H17BrN2O2. The van der Waals surface area contributed by atoms with E-state index in [1.807, 2.05) is 13.0 Å². The number of rotatable bonds is 6. The molecule has 0 fully saturated rings. The summed E-state index contributed by atoms with van der Waals surface area (Å²) in [5.41, 5.74) is 2.73. The van der Waals surface area contributed by atoms with Gasteiger partial charge in [-0.1, -0.05) is 6.92 Å². The molecule has 15 heavy (non-hydrogen) atoms. The van der Waals surface area contributed by atoms with E-state index in [0.717, 1.165) is 16.7 Å². The highest BCUT2D eigenvalue weighted by atomic mass is 79.9. The van der Waals surface area contributed by atoms with Crippen molar-refractivity contribution in [1.29, 1.82) is 0 Å². The van der Waals surface area contributed by atoms with Crippen LogP contribution in [-0.4, -0.2) is 12.7 Å². The molecule has 0 aliphatic rings. The molecular weight excluding hydrogens is 260 g/mol. The third kappa shape index (κ3) is 3.04. The van der Waals surface area contributed by atoms with Crippen molar-refractivity contribution in [1.82, 2.24) is 5.43 Å². The van der Waals surface area contributed by atoms with Gasteiger partial charge in [-0.3, -0.25) is 5.84 Å². The van der Waals surface area contributed by atoms with Crippen LogP contribution in [-0.2, 0) is 4.74 Å². The molecule has 5 heteroatoms. The molecule has 2 unspecified atom stereocenters. The normalized spacial score (nSPS) is 15.2. The van der Waals surface area contributed by atoms with Crippen LogP contribution in [0.2, 0.25) is 0 Å². The molecule has 2 atom stereocenters. The Morgan fingerprint density at radius 2 is 2.33 bits per heavy atom. The summed E-state index contributed by atoms with van der Waals surface area (Å²) >= 11 is 3.41. The first-order valence-corrected chi connectivity index (χ1v) is 5.84. The van der Waals surface area contributed by atoms with Crippen LogP contribution in [0.15, 0.2) is 21.2 Å². The van der Waals surface area contributed by atoms with Gasteiger partial charge in [0.25, 0.3) is 0 Å². The van der Waals surface area contributed by atoms with Crippen molar-refractivity contribution in [2.24, 2.45) is 5.84 Å². The van der Waals surface area contributed by atoms with E-state index in [1.165, 1.54) is 0 Å². The van der Waals surface area contributed by atoms with Crippen molar-refractivity contribution in [2.45, 2.75) is 32.4 Å². The summed E-state index contributed by atoms with van der Waals surface area (Å²) in [7, 11) is 0. The Morgan fingerprint density at radius 1 is 1.60 bits per heavy atom. The van der Waals surface area contributed by atoms with E-state index >= 15 is 0 Å². The summed E-state index contributed by atoms with van der Waals surface area (Å²) in [4.78, 5) is 0. The van der Waals surface area contributed by atoms with Crippen LogP contribution >= 0.6 is 15.9 Å². The fourth-order valence-electron chi connectivity index (χ4n) is 1.54. The number of ether oxygens (including phenoxy) is 1. The largest absolute Gasteiger partial charge is 0.466 e. The van der Waals surface area contributed by atoms with Crippen molar-refractivity contribution in [2.75, 3.05) is 6.61 Å². The molecule has 3 N–H and O–H groups in total. The number of hydrogen-bond acceptors (Lipinski definition) is 4. The summed E-state index contributed by atoms with van der Waals surface area (Å²) in [6.07, 6.45) is 2.51. The van der Waals surface area contributed by atoms with Gasteiger partial charge in [0.05, 0.1) is 16.8 Å². The second-order valence-electron chi connectivity index (χ2n) is 3.18. The van der Waals surface area contributed by atoms with E-state index in [4.69, 9.17) is 15.0 Å². The lowest BCUT2D eigenvalue weighted by atomic mass is 10.1. The highest BCUT2D eigenvalue weighted by Gasteiger charge is 2.25. The molecule has 0 bridgehead atoms. The van der Waals surface area contributed by atoms with Gasteiger partial charge in [-0.05, 0) is 35.3 Å². The molecule has 1 aromatic rings. The molecule has 0 saturated carbocycles. The quantitative estimate of drug-likeness (QED) is 0.619. The first-order chi connectivity index (χ1) is 7.24. The second kappa shape index (κ2) is 6.27. The average molecular weight is 277 g/mol. The number of furan rings is 1. The van der Waals surface area contributed by atoms with Crippen LogP contribution in [0.5, 0.6) is 0 Å². The number of halogens is 1. The SMILES string of the molecule is CCOC(CC)C(NN)c1occc1Br. The summed E-state index contributed by atoms with van der Waals surface area (Å²) in [5, 5.41) is 0. The summed E-state index contributed by atoms with van der Waals surface area (Å²) in [6.45, 7) is 4.68. The lowest BCUT2D eigenvalue weighted by Gasteiger charge is -2.24. The highest BCUT2D eigenvalue weighted by Crippen LogP contribution is 2.28. The van der Waals surface area contributed by atoms with E-state index in [-0.39, 0.29) is 12.1 Å². The van der Waals surface area contributed by atoms with Crippen LogP contribution in [0, 0.1) is 0 Å². The van der Waals surface area contributed by atoms with E-state index in [0.29, 0.717) is 6.61 Å². The number of hydrazine groups is 1. The minimum absolute atomic E-state index is 0.0162. The molecule has 4 nitrogen and oxygen atoms in total. The van der Waals surface area contributed by atoms with E-state index in [2.05, 4.69) is 28.3 Å². The molecule has 0 aliphatic carbocycles. The molecule has 1 aromatic heterocycles. The first-order valence-electron chi connectivity index (χ1n) is 5.05. The molecule has 0 aliphatic heterocycles. The predicted molar refractivity (Wildman–Crippen MR) is 62.2 cm³/mol. The number of hydrogen-bond donors (Lipinski definition) is 2. The lowest BCUT2D eigenvalue weighted by molar-refractivity contribution is 0.0256. The Labute approximate surface area is 98.3 Å². The maximum Gasteiger partial charge on any atom is 0.138 e. The molecule has 86 valence electrons. The third-order valence-electron chi connectivity index (χ3n) is 2.26. The molecule has 1 rings (SSSR count). The smallest absolute Gasteiger partial charge is 0.138 e. The third-order valence-corrected chi connectivity index (χ3v) is 2.92. The molecule has 0 spiro atoms.